The minimum absolute atomic E-state index is 0.0654. The number of nitrogens with one attached hydrogen (secondary N) is 1. The highest BCUT2D eigenvalue weighted by Crippen LogP contribution is 2.28. The van der Waals surface area contributed by atoms with Crippen molar-refractivity contribution in [2.75, 3.05) is 29.9 Å². The molecule has 2 fully saturated rings. The Morgan fingerprint density at radius 1 is 0.968 bits per heavy atom. The zero-order valence-electron chi connectivity index (χ0n) is 18.0. The Morgan fingerprint density at radius 2 is 1.71 bits per heavy atom. The highest BCUT2D eigenvalue weighted by Gasteiger charge is 2.37. The van der Waals surface area contributed by atoms with E-state index >= 15 is 0 Å². The zero-order valence-corrected chi connectivity index (χ0v) is 18.0. The number of likely N-dealkylation sites (tertiary alicyclic amines) is 1. The van der Waals surface area contributed by atoms with Crippen LogP contribution in [0.5, 0.6) is 0 Å². The van der Waals surface area contributed by atoms with Gasteiger partial charge in [0, 0.05) is 43.0 Å². The smallest absolute Gasteiger partial charge is 0.255 e. The maximum Gasteiger partial charge on any atom is 0.255 e. The summed E-state index contributed by atoms with van der Waals surface area (Å²) < 4.78 is 0. The Hall–Kier alpha value is -3.15. The molecule has 0 aliphatic carbocycles. The summed E-state index contributed by atoms with van der Waals surface area (Å²) in [5.74, 6) is -0.512. The largest absolute Gasteiger partial charge is 0.342 e. The van der Waals surface area contributed by atoms with Crippen LogP contribution in [0.1, 0.15) is 48.0 Å². The summed E-state index contributed by atoms with van der Waals surface area (Å²) >= 11 is 0. The van der Waals surface area contributed by atoms with Crippen LogP contribution in [0.3, 0.4) is 0 Å². The summed E-state index contributed by atoms with van der Waals surface area (Å²) in [5.41, 5.74) is 2.94. The van der Waals surface area contributed by atoms with Gasteiger partial charge in [0.1, 0.15) is 0 Å². The molecular weight excluding hydrogens is 390 g/mol. The van der Waals surface area contributed by atoms with Crippen molar-refractivity contribution in [1.29, 1.82) is 0 Å². The topological polar surface area (TPSA) is 69.7 Å². The molecule has 2 aliphatic rings. The van der Waals surface area contributed by atoms with E-state index in [1.54, 1.807) is 23.1 Å². The SMILES string of the molecule is Cc1cccc(NC(=O)c2cccc(N3C[C@H](C(=O)N4CCCCCC4)CC3=O)c2)c1. The van der Waals surface area contributed by atoms with E-state index in [-0.39, 0.29) is 30.1 Å². The first-order valence-corrected chi connectivity index (χ1v) is 11.1. The summed E-state index contributed by atoms with van der Waals surface area (Å²) in [4.78, 5) is 42.0. The van der Waals surface area contributed by atoms with Crippen LogP contribution in [0.25, 0.3) is 0 Å². The van der Waals surface area contributed by atoms with Crippen molar-refractivity contribution in [1.82, 2.24) is 4.90 Å². The van der Waals surface area contributed by atoms with E-state index in [0.717, 1.165) is 50.0 Å². The predicted molar refractivity (Wildman–Crippen MR) is 121 cm³/mol. The molecule has 2 aromatic carbocycles. The first kappa shape index (κ1) is 21.1. The van der Waals surface area contributed by atoms with Gasteiger partial charge in [0.05, 0.1) is 5.92 Å². The first-order chi connectivity index (χ1) is 15.0. The van der Waals surface area contributed by atoms with E-state index in [1.807, 2.05) is 42.2 Å². The minimum Gasteiger partial charge on any atom is -0.342 e. The fraction of sp³-hybridized carbons (Fsp3) is 0.400. The zero-order chi connectivity index (χ0) is 21.8. The van der Waals surface area contributed by atoms with Gasteiger partial charge in [-0.25, -0.2) is 0 Å². The van der Waals surface area contributed by atoms with Crippen molar-refractivity contribution in [3.05, 3.63) is 59.7 Å². The Bertz CT molecular complexity index is 979. The first-order valence-electron chi connectivity index (χ1n) is 11.1. The molecule has 6 heteroatoms. The molecule has 162 valence electrons. The molecule has 0 unspecified atom stereocenters. The molecule has 1 N–H and O–H groups in total. The lowest BCUT2D eigenvalue weighted by atomic mass is 10.1. The summed E-state index contributed by atoms with van der Waals surface area (Å²) in [6, 6.07) is 14.7. The molecule has 2 aliphatic heterocycles. The maximum absolute atomic E-state index is 13.0. The summed E-state index contributed by atoms with van der Waals surface area (Å²) in [6.45, 7) is 3.92. The van der Waals surface area contributed by atoms with Gasteiger partial charge in [-0.1, -0.05) is 31.0 Å². The third-order valence-electron chi connectivity index (χ3n) is 6.09. The average Bonchev–Trinajstić information content (AvgIpc) is 2.97. The normalized spacial score (nSPS) is 19.3. The molecule has 0 spiro atoms. The standard InChI is InChI=1S/C25H29N3O3/c1-18-8-6-10-21(14-18)26-24(30)19-9-7-11-22(15-19)28-17-20(16-23(28)29)25(31)27-12-4-2-3-5-13-27/h6-11,14-15,20H,2-5,12-13,16-17H2,1H3,(H,26,30)/t20-/m1/s1. The molecule has 0 radical (unpaired) electrons. The van der Waals surface area contributed by atoms with E-state index in [4.69, 9.17) is 0 Å². The number of carbonyl (C=O) groups is 3. The molecule has 2 aromatic rings. The number of aryl methyl sites for hydroxylation is 1. The van der Waals surface area contributed by atoms with Crippen LogP contribution in [0.4, 0.5) is 11.4 Å². The van der Waals surface area contributed by atoms with E-state index in [0.29, 0.717) is 17.8 Å². The lowest BCUT2D eigenvalue weighted by Gasteiger charge is -2.24. The number of hydrogen-bond acceptors (Lipinski definition) is 3. The van der Waals surface area contributed by atoms with Crippen LogP contribution in [-0.2, 0) is 9.59 Å². The highest BCUT2D eigenvalue weighted by molar-refractivity contribution is 6.06. The second kappa shape index (κ2) is 9.33. The van der Waals surface area contributed by atoms with Crippen molar-refractivity contribution < 1.29 is 14.4 Å². The molecular formula is C25H29N3O3. The van der Waals surface area contributed by atoms with Crippen molar-refractivity contribution in [3.63, 3.8) is 0 Å². The maximum atomic E-state index is 13.0. The summed E-state index contributed by atoms with van der Waals surface area (Å²) in [7, 11) is 0. The van der Waals surface area contributed by atoms with Gasteiger partial charge in [0.2, 0.25) is 11.8 Å². The van der Waals surface area contributed by atoms with Crippen LogP contribution in [0.15, 0.2) is 48.5 Å². The third kappa shape index (κ3) is 4.95. The molecule has 6 nitrogen and oxygen atoms in total. The fourth-order valence-electron chi connectivity index (χ4n) is 4.41. The molecule has 1 atom stereocenters. The van der Waals surface area contributed by atoms with Gasteiger partial charge < -0.3 is 15.1 Å². The number of rotatable bonds is 4. The number of carbonyl (C=O) groups excluding carboxylic acids is 3. The highest BCUT2D eigenvalue weighted by atomic mass is 16.2. The van der Waals surface area contributed by atoms with Crippen LogP contribution in [0.2, 0.25) is 0 Å². The van der Waals surface area contributed by atoms with Gasteiger partial charge in [-0.05, 0) is 55.7 Å². The van der Waals surface area contributed by atoms with Gasteiger partial charge in [-0.2, -0.15) is 0 Å². The Labute approximate surface area is 183 Å². The lowest BCUT2D eigenvalue weighted by Crippen LogP contribution is -2.38. The Kier molecular flexibility index (Phi) is 6.35. The number of hydrogen-bond donors (Lipinski definition) is 1. The number of nitrogens with zero attached hydrogens (tertiary/aromatic N) is 2. The van der Waals surface area contributed by atoms with E-state index in [2.05, 4.69) is 5.32 Å². The summed E-state index contributed by atoms with van der Waals surface area (Å²) in [6.07, 6.45) is 4.63. The van der Waals surface area contributed by atoms with Gasteiger partial charge in [-0.3, -0.25) is 14.4 Å². The quantitative estimate of drug-likeness (QED) is 0.814. The molecule has 0 bridgehead atoms. The van der Waals surface area contributed by atoms with Crippen molar-refractivity contribution in [2.45, 2.75) is 39.0 Å². The van der Waals surface area contributed by atoms with Crippen molar-refractivity contribution in [3.8, 4) is 0 Å². The second-order valence-electron chi connectivity index (χ2n) is 8.52. The van der Waals surface area contributed by atoms with Crippen molar-refractivity contribution >= 4 is 29.1 Å². The molecule has 0 aromatic heterocycles. The molecule has 31 heavy (non-hydrogen) atoms. The Morgan fingerprint density at radius 3 is 2.45 bits per heavy atom. The third-order valence-corrected chi connectivity index (χ3v) is 6.09. The van der Waals surface area contributed by atoms with Crippen molar-refractivity contribution in [2.24, 2.45) is 5.92 Å². The molecule has 4 rings (SSSR count). The van der Waals surface area contributed by atoms with Gasteiger partial charge in [-0.15, -0.1) is 0 Å². The Balaban J connectivity index is 1.45. The van der Waals surface area contributed by atoms with E-state index < -0.39 is 0 Å². The van der Waals surface area contributed by atoms with Gasteiger partial charge in [0.15, 0.2) is 0 Å². The summed E-state index contributed by atoms with van der Waals surface area (Å²) in [5, 5.41) is 2.90. The monoisotopic (exact) mass is 419 g/mol. The molecule has 2 heterocycles. The minimum atomic E-state index is -0.310. The van der Waals surface area contributed by atoms with E-state index in [9.17, 15) is 14.4 Å². The number of anilines is 2. The van der Waals surface area contributed by atoms with Crippen LogP contribution < -0.4 is 10.2 Å². The van der Waals surface area contributed by atoms with E-state index in [1.165, 1.54) is 0 Å². The number of benzene rings is 2. The number of amides is 3. The van der Waals surface area contributed by atoms with Crippen LogP contribution in [0, 0.1) is 12.8 Å². The fourth-order valence-corrected chi connectivity index (χ4v) is 4.41. The van der Waals surface area contributed by atoms with Gasteiger partial charge >= 0.3 is 0 Å². The van der Waals surface area contributed by atoms with Crippen LogP contribution >= 0.6 is 0 Å². The lowest BCUT2D eigenvalue weighted by molar-refractivity contribution is -0.135. The molecule has 3 amide bonds. The molecule has 0 saturated carbocycles. The predicted octanol–water partition coefficient (Wildman–Crippen LogP) is 4.00. The average molecular weight is 420 g/mol. The van der Waals surface area contributed by atoms with Crippen LogP contribution in [-0.4, -0.2) is 42.3 Å². The second-order valence-corrected chi connectivity index (χ2v) is 8.52. The molecule has 2 saturated heterocycles. The van der Waals surface area contributed by atoms with Gasteiger partial charge in [0.25, 0.3) is 5.91 Å².